The minimum Gasteiger partial charge on any atom is -0.477 e. The summed E-state index contributed by atoms with van der Waals surface area (Å²) in [5.74, 6) is -1.19. The molecule has 0 aliphatic rings. The quantitative estimate of drug-likeness (QED) is 0.767. The van der Waals surface area contributed by atoms with Crippen LogP contribution in [0.15, 0.2) is 47.3 Å². The highest BCUT2D eigenvalue weighted by Crippen LogP contribution is 2.31. The van der Waals surface area contributed by atoms with E-state index in [0.717, 1.165) is 11.3 Å². The zero-order valence-electron chi connectivity index (χ0n) is 11.0. The van der Waals surface area contributed by atoms with Gasteiger partial charge in [0, 0.05) is 18.0 Å². The summed E-state index contributed by atoms with van der Waals surface area (Å²) < 4.78 is 5.17. The number of carbonyl (C=O) groups is 2. The Bertz CT molecular complexity index is 812. The number of carboxylic acid groups (broad SMARTS) is 1. The van der Waals surface area contributed by atoms with Crippen molar-refractivity contribution in [3.05, 3.63) is 53.4 Å². The summed E-state index contributed by atoms with van der Waals surface area (Å²) in [6.07, 6.45) is 4.41. The van der Waals surface area contributed by atoms with Crippen LogP contribution in [0.25, 0.3) is 11.5 Å². The molecule has 3 aromatic rings. The summed E-state index contributed by atoms with van der Waals surface area (Å²) in [5, 5.41) is 12.0. The number of furan rings is 1. The molecule has 3 heterocycles. The monoisotopic (exact) mass is 315 g/mol. The molecule has 0 saturated heterocycles. The molecule has 0 saturated carbocycles. The maximum absolute atomic E-state index is 12.0. The molecule has 1 amide bonds. The SMILES string of the molecule is O=C(Nc1nc(-c2ccco2)c(C(=O)O)s1)c1ccncc1. The molecule has 7 nitrogen and oxygen atoms in total. The number of carboxylic acids is 1. The fourth-order valence-corrected chi connectivity index (χ4v) is 2.58. The second kappa shape index (κ2) is 5.78. The van der Waals surface area contributed by atoms with Gasteiger partial charge in [-0.3, -0.25) is 15.1 Å². The number of thiazole rings is 1. The molecule has 0 atom stereocenters. The number of aromatic carboxylic acids is 1. The lowest BCUT2D eigenvalue weighted by Gasteiger charge is -2.00. The molecule has 22 heavy (non-hydrogen) atoms. The van der Waals surface area contributed by atoms with E-state index in [1.54, 1.807) is 24.3 Å². The van der Waals surface area contributed by atoms with E-state index in [1.165, 1.54) is 18.7 Å². The fourth-order valence-electron chi connectivity index (χ4n) is 1.77. The summed E-state index contributed by atoms with van der Waals surface area (Å²) in [4.78, 5) is 31.3. The zero-order chi connectivity index (χ0) is 15.5. The van der Waals surface area contributed by atoms with Crippen LogP contribution in [0.5, 0.6) is 0 Å². The van der Waals surface area contributed by atoms with Crippen LogP contribution in [0, 0.1) is 0 Å². The van der Waals surface area contributed by atoms with Crippen LogP contribution in [-0.2, 0) is 0 Å². The van der Waals surface area contributed by atoms with Crippen molar-refractivity contribution in [2.75, 3.05) is 5.32 Å². The first-order valence-corrected chi connectivity index (χ1v) is 6.96. The predicted octanol–water partition coefficient (Wildman–Crippen LogP) is 2.75. The topological polar surface area (TPSA) is 105 Å². The first-order chi connectivity index (χ1) is 10.6. The number of nitrogens with zero attached hydrogens (tertiary/aromatic N) is 2. The van der Waals surface area contributed by atoms with Crippen molar-refractivity contribution < 1.29 is 19.1 Å². The number of hydrogen-bond donors (Lipinski definition) is 2. The van der Waals surface area contributed by atoms with Gasteiger partial charge in [0.05, 0.1) is 6.26 Å². The van der Waals surface area contributed by atoms with Crippen molar-refractivity contribution in [2.45, 2.75) is 0 Å². The molecule has 0 spiro atoms. The summed E-state index contributed by atoms with van der Waals surface area (Å²) in [6.45, 7) is 0. The van der Waals surface area contributed by atoms with E-state index in [4.69, 9.17) is 4.42 Å². The molecular formula is C14H9N3O4S. The van der Waals surface area contributed by atoms with Crippen LogP contribution in [0.2, 0.25) is 0 Å². The highest BCUT2D eigenvalue weighted by molar-refractivity contribution is 7.18. The molecule has 0 radical (unpaired) electrons. The third-order valence-corrected chi connectivity index (χ3v) is 3.70. The van der Waals surface area contributed by atoms with E-state index in [1.807, 2.05) is 0 Å². The molecule has 0 aliphatic heterocycles. The highest BCUT2D eigenvalue weighted by Gasteiger charge is 2.21. The van der Waals surface area contributed by atoms with Crippen molar-refractivity contribution in [1.82, 2.24) is 9.97 Å². The molecule has 0 unspecified atom stereocenters. The average Bonchev–Trinajstić information content (AvgIpc) is 3.16. The van der Waals surface area contributed by atoms with Crippen LogP contribution in [0.4, 0.5) is 5.13 Å². The number of carbonyl (C=O) groups excluding carboxylic acids is 1. The van der Waals surface area contributed by atoms with Gasteiger partial charge in [0.25, 0.3) is 5.91 Å². The van der Waals surface area contributed by atoms with Crippen LogP contribution in [0.1, 0.15) is 20.0 Å². The third kappa shape index (κ3) is 2.72. The van der Waals surface area contributed by atoms with E-state index in [-0.39, 0.29) is 21.6 Å². The average molecular weight is 315 g/mol. The zero-order valence-corrected chi connectivity index (χ0v) is 11.8. The molecule has 0 aromatic carbocycles. The van der Waals surface area contributed by atoms with Crippen molar-refractivity contribution >= 4 is 28.3 Å². The van der Waals surface area contributed by atoms with Crippen LogP contribution >= 0.6 is 11.3 Å². The number of nitrogens with one attached hydrogen (secondary N) is 1. The molecule has 3 rings (SSSR count). The lowest BCUT2D eigenvalue weighted by Crippen LogP contribution is -2.11. The molecule has 3 aromatic heterocycles. The van der Waals surface area contributed by atoms with Crippen molar-refractivity contribution in [3.8, 4) is 11.5 Å². The Morgan fingerprint density at radius 1 is 1.23 bits per heavy atom. The van der Waals surface area contributed by atoms with Gasteiger partial charge >= 0.3 is 5.97 Å². The number of rotatable bonds is 4. The predicted molar refractivity (Wildman–Crippen MR) is 79.0 cm³/mol. The van der Waals surface area contributed by atoms with Gasteiger partial charge in [0.1, 0.15) is 10.6 Å². The van der Waals surface area contributed by atoms with Gasteiger partial charge in [-0.15, -0.1) is 0 Å². The van der Waals surface area contributed by atoms with Gasteiger partial charge in [-0.1, -0.05) is 11.3 Å². The summed E-state index contributed by atoms with van der Waals surface area (Å²) >= 11 is 0.871. The van der Waals surface area contributed by atoms with Gasteiger partial charge in [0.2, 0.25) is 0 Å². The van der Waals surface area contributed by atoms with Crippen LogP contribution in [-0.4, -0.2) is 27.0 Å². The minimum absolute atomic E-state index is 0.0000201. The summed E-state index contributed by atoms with van der Waals surface area (Å²) in [5.41, 5.74) is 0.592. The van der Waals surface area contributed by atoms with Crippen molar-refractivity contribution in [1.29, 1.82) is 0 Å². The van der Waals surface area contributed by atoms with Gasteiger partial charge in [-0.05, 0) is 24.3 Å². The van der Waals surface area contributed by atoms with E-state index in [2.05, 4.69) is 15.3 Å². The number of aromatic nitrogens is 2. The highest BCUT2D eigenvalue weighted by atomic mass is 32.1. The van der Waals surface area contributed by atoms with E-state index < -0.39 is 5.97 Å². The van der Waals surface area contributed by atoms with Gasteiger partial charge in [-0.25, -0.2) is 9.78 Å². The summed E-state index contributed by atoms with van der Waals surface area (Å²) in [6, 6.07) is 6.34. The lowest BCUT2D eigenvalue weighted by atomic mass is 10.2. The van der Waals surface area contributed by atoms with E-state index in [9.17, 15) is 14.7 Å². The molecule has 2 N–H and O–H groups in total. The van der Waals surface area contributed by atoms with Crippen LogP contribution in [0.3, 0.4) is 0 Å². The van der Waals surface area contributed by atoms with Gasteiger partial charge in [-0.2, -0.15) is 0 Å². The Hall–Kier alpha value is -3.00. The lowest BCUT2D eigenvalue weighted by molar-refractivity contribution is 0.0702. The molecule has 0 fully saturated rings. The molecular weight excluding hydrogens is 306 g/mol. The minimum atomic E-state index is -1.13. The van der Waals surface area contributed by atoms with E-state index in [0.29, 0.717) is 11.3 Å². The van der Waals surface area contributed by atoms with E-state index >= 15 is 0 Å². The van der Waals surface area contributed by atoms with Gasteiger partial charge in [0.15, 0.2) is 10.9 Å². The maximum Gasteiger partial charge on any atom is 0.348 e. The Balaban J connectivity index is 1.91. The fraction of sp³-hybridized carbons (Fsp3) is 0. The van der Waals surface area contributed by atoms with Gasteiger partial charge < -0.3 is 9.52 Å². The Morgan fingerprint density at radius 3 is 2.64 bits per heavy atom. The van der Waals surface area contributed by atoms with Crippen molar-refractivity contribution in [2.24, 2.45) is 0 Å². The maximum atomic E-state index is 12.0. The third-order valence-electron chi connectivity index (χ3n) is 2.74. The normalized spacial score (nSPS) is 10.4. The van der Waals surface area contributed by atoms with Crippen LogP contribution < -0.4 is 5.32 Å². The molecule has 0 bridgehead atoms. The standard InChI is InChI=1S/C14H9N3O4S/c18-12(8-3-5-15-6-4-8)17-14-16-10(9-2-1-7-21-9)11(22-14)13(19)20/h1-7H,(H,19,20)(H,16,17,18). The smallest absolute Gasteiger partial charge is 0.348 e. The number of pyridine rings is 1. The second-order valence-electron chi connectivity index (χ2n) is 4.17. The number of amides is 1. The first kappa shape index (κ1) is 14.0. The molecule has 8 heteroatoms. The Morgan fingerprint density at radius 2 is 2.00 bits per heavy atom. The Labute approximate surface area is 128 Å². The molecule has 110 valence electrons. The van der Waals surface area contributed by atoms with Crippen molar-refractivity contribution in [3.63, 3.8) is 0 Å². The number of anilines is 1. The Kier molecular flexibility index (Phi) is 3.67. The number of hydrogen-bond acceptors (Lipinski definition) is 6. The summed E-state index contributed by atoms with van der Waals surface area (Å²) in [7, 11) is 0. The molecule has 0 aliphatic carbocycles. The second-order valence-corrected chi connectivity index (χ2v) is 5.17. The first-order valence-electron chi connectivity index (χ1n) is 6.14. The largest absolute Gasteiger partial charge is 0.477 e.